The molecule has 0 aromatic heterocycles. The molecule has 64 heavy (non-hydrogen) atoms. The molecule has 2 aliphatic rings. The molecule has 0 saturated heterocycles. The summed E-state index contributed by atoms with van der Waals surface area (Å²) in [6, 6.07) is 36.4. The van der Waals surface area contributed by atoms with E-state index >= 15 is 0 Å². The minimum atomic E-state index is 0.660. The largest absolute Gasteiger partial charge is 0.493 e. The van der Waals surface area contributed by atoms with E-state index in [9.17, 15) is 4.79 Å². The van der Waals surface area contributed by atoms with Crippen LogP contribution in [0.15, 0.2) is 125 Å². The number of hydrogen-bond acceptors (Lipinski definition) is 7. The molecule has 0 fully saturated rings. The van der Waals surface area contributed by atoms with Crippen LogP contribution in [0.1, 0.15) is 109 Å². The number of fused-ring (bicyclic) bond motifs is 2. The normalized spacial score (nSPS) is 13.8. The average molecular weight is 915 g/mol. The van der Waals surface area contributed by atoms with Crippen molar-refractivity contribution in [2.24, 2.45) is 0 Å². The van der Waals surface area contributed by atoms with Crippen LogP contribution < -0.4 is 19.9 Å². The molecule has 8 rings (SSSR count). The van der Waals surface area contributed by atoms with Gasteiger partial charge in [0.2, 0.25) is 0 Å². The van der Waals surface area contributed by atoms with E-state index in [1.54, 1.807) is 0 Å². The van der Waals surface area contributed by atoms with Crippen LogP contribution in [0, 0.1) is 0 Å². The minimum Gasteiger partial charge on any atom is -0.493 e. The van der Waals surface area contributed by atoms with E-state index in [1.165, 1.54) is 71.7 Å². The lowest BCUT2D eigenvalue weighted by Crippen LogP contribution is -2.16. The van der Waals surface area contributed by atoms with Crippen molar-refractivity contribution in [1.29, 1.82) is 0 Å². The standard InChI is InChI=1S/C57H54O3S4/c1-3-5-7-11-31-59-52-39-47(29-26-43-20-23-45(40-58)24-21-43)53(60-32-12-8-6-4-2)38-46(52)28-25-42-17-15-41(16-18-42)19-22-44-27-30-50-51(37-44)55(57-63-35-36-64-57)49-14-10-9-13-48(49)54(50)56-61-33-34-62-56/h9-10,13-30,33-40H,3-8,11-12,31-32H2,1-2H3/b22-19+,28-25+,29-26+. The van der Waals surface area contributed by atoms with Gasteiger partial charge >= 0.3 is 0 Å². The van der Waals surface area contributed by atoms with E-state index < -0.39 is 0 Å². The van der Waals surface area contributed by atoms with Gasteiger partial charge < -0.3 is 9.47 Å². The monoisotopic (exact) mass is 914 g/mol. The topological polar surface area (TPSA) is 35.5 Å². The number of ether oxygens (including phenoxy) is 2. The predicted octanol–water partition coefficient (Wildman–Crippen LogP) is 16.3. The molecule has 0 saturated carbocycles. The van der Waals surface area contributed by atoms with E-state index in [1.807, 2.05) is 71.3 Å². The van der Waals surface area contributed by atoms with Gasteiger partial charge in [0.1, 0.15) is 17.8 Å². The number of carbonyl (C=O) groups excluding carboxylic acids is 1. The van der Waals surface area contributed by atoms with Gasteiger partial charge in [-0.25, -0.2) is 0 Å². The molecule has 0 amide bonds. The number of benzene rings is 6. The van der Waals surface area contributed by atoms with E-state index in [-0.39, 0.29) is 0 Å². The van der Waals surface area contributed by atoms with Crippen molar-refractivity contribution in [3.63, 3.8) is 0 Å². The summed E-state index contributed by atoms with van der Waals surface area (Å²) < 4.78 is 15.7. The first kappa shape index (κ1) is 45.5. The van der Waals surface area contributed by atoms with Gasteiger partial charge in [-0.15, -0.1) is 0 Å². The zero-order valence-corrected chi connectivity index (χ0v) is 39.9. The fraction of sp³-hybridized carbons (Fsp3) is 0.211. The summed E-state index contributed by atoms with van der Waals surface area (Å²) in [5.41, 5.74) is 7.07. The van der Waals surface area contributed by atoms with Crippen molar-refractivity contribution < 1.29 is 14.3 Å². The number of carbonyl (C=O) groups is 1. The van der Waals surface area contributed by atoms with Crippen LogP contribution in [-0.4, -0.2) is 19.5 Å². The quantitative estimate of drug-likeness (QED) is 0.0347. The molecule has 0 aliphatic carbocycles. The highest BCUT2D eigenvalue weighted by Crippen LogP contribution is 2.41. The summed E-state index contributed by atoms with van der Waals surface area (Å²) >= 11 is 7.28. The fourth-order valence-electron chi connectivity index (χ4n) is 7.88. The Balaban J connectivity index is 1.07. The highest BCUT2D eigenvalue weighted by Gasteiger charge is 2.16. The molecular formula is C57H54O3S4. The van der Waals surface area contributed by atoms with Gasteiger partial charge in [0.25, 0.3) is 0 Å². The molecule has 324 valence electrons. The van der Waals surface area contributed by atoms with Crippen LogP contribution in [0.25, 0.3) is 66.5 Å². The van der Waals surface area contributed by atoms with Gasteiger partial charge in [-0.05, 0) is 96.5 Å². The molecular weight excluding hydrogens is 861 g/mol. The summed E-state index contributed by atoms with van der Waals surface area (Å²) in [5.74, 6) is 1.68. The van der Waals surface area contributed by atoms with Crippen LogP contribution in [0.3, 0.4) is 0 Å². The number of thioether (sulfide) groups is 4. The molecule has 0 unspecified atom stereocenters. The predicted molar refractivity (Wildman–Crippen MR) is 287 cm³/mol. The molecule has 0 radical (unpaired) electrons. The van der Waals surface area contributed by atoms with E-state index in [0.29, 0.717) is 18.8 Å². The van der Waals surface area contributed by atoms with Crippen molar-refractivity contribution in [2.45, 2.75) is 65.2 Å². The molecule has 6 aromatic carbocycles. The molecule has 0 atom stereocenters. The maximum absolute atomic E-state index is 11.2. The second-order valence-electron chi connectivity index (χ2n) is 15.9. The Hall–Kier alpha value is -5.05. The third-order valence-electron chi connectivity index (χ3n) is 11.3. The molecule has 0 spiro atoms. The highest BCUT2D eigenvalue weighted by molar-refractivity contribution is 8.35. The van der Waals surface area contributed by atoms with Gasteiger partial charge in [-0.3, -0.25) is 4.79 Å². The Morgan fingerprint density at radius 2 is 0.828 bits per heavy atom. The minimum absolute atomic E-state index is 0.660. The van der Waals surface area contributed by atoms with Crippen molar-refractivity contribution >= 4 is 120 Å². The smallest absolute Gasteiger partial charge is 0.150 e. The molecule has 0 N–H and O–H groups in total. The highest BCUT2D eigenvalue weighted by atomic mass is 32.2. The van der Waals surface area contributed by atoms with Crippen molar-refractivity contribution in [2.75, 3.05) is 13.2 Å². The van der Waals surface area contributed by atoms with Crippen molar-refractivity contribution in [3.05, 3.63) is 174 Å². The first-order valence-corrected chi connectivity index (χ1v) is 26.0. The maximum atomic E-state index is 11.2. The Morgan fingerprint density at radius 3 is 1.30 bits per heavy atom. The van der Waals surface area contributed by atoms with Gasteiger partial charge in [0.15, 0.2) is 0 Å². The van der Waals surface area contributed by atoms with Crippen LogP contribution in [0.5, 0.6) is 11.5 Å². The van der Waals surface area contributed by atoms with Crippen LogP contribution in [-0.2, 0) is 0 Å². The zero-order chi connectivity index (χ0) is 43.9. The molecule has 6 aromatic rings. The third-order valence-corrected chi connectivity index (χ3v) is 15.6. The Kier molecular flexibility index (Phi) is 16.5. The number of aldehydes is 1. The summed E-state index contributed by atoms with van der Waals surface area (Å²) in [6.45, 7) is 5.78. The van der Waals surface area contributed by atoms with Gasteiger partial charge in [-0.1, -0.05) is 221 Å². The number of rotatable bonds is 19. The summed E-state index contributed by atoms with van der Waals surface area (Å²) in [7, 11) is 0. The van der Waals surface area contributed by atoms with E-state index in [4.69, 9.17) is 9.47 Å². The van der Waals surface area contributed by atoms with Gasteiger partial charge in [0.05, 0.1) is 21.7 Å². The first-order valence-electron chi connectivity index (χ1n) is 22.4. The van der Waals surface area contributed by atoms with Gasteiger partial charge in [-0.2, -0.15) is 0 Å². The van der Waals surface area contributed by atoms with Crippen molar-refractivity contribution in [3.8, 4) is 11.5 Å². The molecule has 0 bridgehead atoms. The zero-order valence-electron chi connectivity index (χ0n) is 36.6. The fourth-order valence-corrected chi connectivity index (χ4v) is 11.7. The number of hydrogen-bond donors (Lipinski definition) is 0. The van der Waals surface area contributed by atoms with Crippen molar-refractivity contribution in [1.82, 2.24) is 0 Å². The molecule has 2 heterocycles. The summed E-state index contributed by atoms with van der Waals surface area (Å²) in [4.78, 5) is 11.2. The second-order valence-corrected chi connectivity index (χ2v) is 20.1. The Morgan fingerprint density at radius 1 is 0.422 bits per heavy atom. The second kappa shape index (κ2) is 23.2. The lowest BCUT2D eigenvalue weighted by atomic mass is 9.97. The Bertz CT molecular complexity index is 2850. The van der Waals surface area contributed by atoms with Crippen LogP contribution >= 0.6 is 47.0 Å². The lowest BCUT2D eigenvalue weighted by Gasteiger charge is -2.15. The van der Waals surface area contributed by atoms with Gasteiger partial charge in [0, 0.05) is 27.1 Å². The summed E-state index contributed by atoms with van der Waals surface area (Å²) in [5, 5.41) is 16.6. The average Bonchev–Trinajstić information content (AvgIpc) is 4.08. The summed E-state index contributed by atoms with van der Waals surface area (Å²) in [6.07, 6.45) is 22.9. The van der Waals surface area contributed by atoms with E-state index in [2.05, 4.69) is 151 Å². The molecule has 7 heteroatoms. The first-order chi connectivity index (χ1) is 31.6. The van der Waals surface area contributed by atoms with Crippen LogP contribution in [0.4, 0.5) is 0 Å². The Labute approximate surface area is 395 Å². The van der Waals surface area contributed by atoms with Crippen LogP contribution in [0.2, 0.25) is 0 Å². The lowest BCUT2D eigenvalue weighted by molar-refractivity contribution is 0.112. The molecule has 3 nitrogen and oxygen atoms in total. The third kappa shape index (κ3) is 11.6. The maximum Gasteiger partial charge on any atom is 0.150 e. The SMILES string of the molecule is CCCCCCOc1cc(/C=C/c2ccc(/C=C/c3ccc4c(=C5SC=CS5)c5ccccc5c(=C5SC=CS5)c4c3)cc2)c(OCCCCCC)cc1/C=C/c1ccc(C=O)cc1. The van der Waals surface area contributed by atoms with E-state index in [0.717, 1.165) is 71.3 Å². The molecule has 2 aliphatic heterocycles. The number of unbranched alkanes of at least 4 members (excludes halogenated alkanes) is 6.